The quantitative estimate of drug-likeness (QED) is 0.0905. The summed E-state index contributed by atoms with van der Waals surface area (Å²) < 4.78 is 4.79. The van der Waals surface area contributed by atoms with Crippen molar-refractivity contribution in [2.75, 3.05) is 19.6 Å². The topological polar surface area (TPSA) is 48.6 Å². The molecule has 8 heteroatoms. The van der Waals surface area contributed by atoms with Crippen LogP contribution in [0.15, 0.2) is 401 Å². The molecule has 18 aromatic rings. The van der Waals surface area contributed by atoms with Gasteiger partial charge in [-0.25, -0.2) is 9.97 Å². The summed E-state index contributed by atoms with van der Waals surface area (Å²) in [5.41, 5.74) is 23.4. The van der Waals surface area contributed by atoms with Gasteiger partial charge in [-0.1, -0.05) is 200 Å². The van der Waals surface area contributed by atoms with Crippen LogP contribution in [0.4, 0.5) is 68.2 Å². The summed E-state index contributed by atoms with van der Waals surface area (Å²) in [6.07, 6.45) is 2.10. The second-order valence-corrected chi connectivity index (χ2v) is 25.4. The van der Waals surface area contributed by atoms with Crippen LogP contribution >= 0.6 is 0 Å². The van der Waals surface area contributed by atoms with Crippen LogP contribution in [0.3, 0.4) is 0 Å². The van der Waals surface area contributed by atoms with E-state index < -0.39 is 0 Å². The number of nitrogens with zero attached hydrogens (tertiary/aromatic N) is 8. The fourth-order valence-corrected chi connectivity index (χ4v) is 14.6. The minimum absolute atomic E-state index is 0.767. The summed E-state index contributed by atoms with van der Waals surface area (Å²) in [5.74, 6) is 0.767. The first kappa shape index (κ1) is 60.6. The Bertz CT molecular complexity index is 5560. The minimum Gasteiger partial charge on any atom is -0.310 e. The van der Waals surface area contributed by atoms with Crippen LogP contribution < -0.4 is 19.6 Å². The van der Waals surface area contributed by atoms with Crippen LogP contribution in [0.2, 0.25) is 0 Å². The monoisotopic (exact) mass is 1310 g/mol. The number of hydrogen-bond acceptors (Lipinski definition) is 6. The van der Waals surface area contributed by atoms with Crippen LogP contribution in [0.1, 0.15) is 0 Å². The Kier molecular flexibility index (Phi) is 15.8. The summed E-state index contributed by atoms with van der Waals surface area (Å²) in [6.45, 7) is 0. The zero-order valence-corrected chi connectivity index (χ0v) is 55.7. The third-order valence-electron chi connectivity index (χ3n) is 19.2. The molecule has 0 amide bonds. The largest absolute Gasteiger partial charge is 0.310 e. The first-order valence-corrected chi connectivity index (χ1v) is 34.5. The van der Waals surface area contributed by atoms with Crippen LogP contribution in [-0.2, 0) is 0 Å². The Labute approximate surface area is 592 Å². The molecule has 482 valence electrons. The molecule has 0 N–H and O–H groups in total. The number of pyridine rings is 2. The molecule has 0 atom stereocenters. The molecule has 4 heterocycles. The average Bonchev–Trinajstić information content (AvgIpc) is 1.57. The number of hydrogen-bond donors (Lipinski definition) is 0. The SMILES string of the molecule is c1ccc(-c2cccc(-c3cccc(-c4cc(-n5c6ccc(N(c7ccccc7)c7ccccc7)cc6c6cc(N(c7ccccc7)c7ccccc7)ccc65)ncc4-n4c5ccc(N(c6ccccc6)c6ccccc6)cc5c5cc(N(c6ccccc6)c6ccccc6)ccc54)c3)n2)cc1. The molecule has 4 aromatic heterocycles. The van der Waals surface area contributed by atoms with E-state index in [4.69, 9.17) is 9.97 Å². The van der Waals surface area contributed by atoms with Gasteiger partial charge in [0.1, 0.15) is 5.82 Å². The Morgan fingerprint density at radius 3 is 0.814 bits per heavy atom. The van der Waals surface area contributed by atoms with Crippen molar-refractivity contribution >= 4 is 112 Å². The lowest BCUT2D eigenvalue weighted by molar-refractivity contribution is 1.06. The van der Waals surface area contributed by atoms with Crippen molar-refractivity contribution in [2.24, 2.45) is 0 Å². The standard InChI is InChI=1S/C94H66N8/c1-10-30-67(31-11-1)87-50-29-51-88(96-87)69-33-28-32-68(60-69)82-65-94(102-91-58-54-80(99(74-42-20-6-21-43-74)75-44-22-7-23-45-75)63-85(91)86-64-81(55-59-92(86)102)100(76-46-24-8-25-47-76)77-48-26-9-27-49-77)95-66-93(82)101-89-56-52-78(97(70-34-12-2-13-35-70)71-36-14-3-15-37-71)61-83(89)84-62-79(53-57-90(84)101)98(72-38-16-4-17-39-72)73-40-18-5-19-41-73/h1-66H. The Morgan fingerprint density at radius 2 is 0.480 bits per heavy atom. The third kappa shape index (κ3) is 11.3. The van der Waals surface area contributed by atoms with Gasteiger partial charge in [0.05, 0.1) is 45.3 Å². The highest BCUT2D eigenvalue weighted by atomic mass is 15.2. The molecule has 0 fully saturated rings. The first-order chi connectivity index (χ1) is 50.6. The van der Waals surface area contributed by atoms with Crippen molar-refractivity contribution in [2.45, 2.75) is 0 Å². The smallest absolute Gasteiger partial charge is 0.138 e. The van der Waals surface area contributed by atoms with Crippen molar-refractivity contribution in [3.8, 4) is 45.1 Å². The van der Waals surface area contributed by atoms with Crippen molar-refractivity contribution in [3.63, 3.8) is 0 Å². The maximum Gasteiger partial charge on any atom is 0.138 e. The maximum absolute atomic E-state index is 5.75. The molecule has 0 saturated heterocycles. The lowest BCUT2D eigenvalue weighted by Gasteiger charge is -2.26. The predicted molar refractivity (Wildman–Crippen MR) is 426 cm³/mol. The van der Waals surface area contributed by atoms with Gasteiger partial charge in [-0.15, -0.1) is 0 Å². The highest BCUT2D eigenvalue weighted by Crippen LogP contribution is 2.47. The van der Waals surface area contributed by atoms with Crippen molar-refractivity contribution in [3.05, 3.63) is 401 Å². The minimum atomic E-state index is 0.767. The van der Waals surface area contributed by atoms with E-state index in [9.17, 15) is 0 Å². The summed E-state index contributed by atoms with van der Waals surface area (Å²) >= 11 is 0. The van der Waals surface area contributed by atoms with Gasteiger partial charge >= 0.3 is 0 Å². The molecule has 0 aliphatic carbocycles. The van der Waals surface area contributed by atoms with E-state index in [1.165, 1.54) is 0 Å². The van der Waals surface area contributed by atoms with Crippen LogP contribution in [0.5, 0.6) is 0 Å². The lowest BCUT2D eigenvalue weighted by Crippen LogP contribution is -2.09. The van der Waals surface area contributed by atoms with E-state index in [-0.39, 0.29) is 0 Å². The highest BCUT2D eigenvalue weighted by molar-refractivity contribution is 6.14. The average molecular weight is 1310 g/mol. The second-order valence-electron chi connectivity index (χ2n) is 25.4. The number of rotatable bonds is 17. The highest BCUT2D eigenvalue weighted by Gasteiger charge is 2.26. The molecular weight excluding hydrogens is 1240 g/mol. The zero-order valence-electron chi connectivity index (χ0n) is 55.7. The van der Waals surface area contributed by atoms with Crippen molar-refractivity contribution in [1.82, 2.24) is 19.1 Å². The van der Waals surface area contributed by atoms with Crippen molar-refractivity contribution < 1.29 is 0 Å². The zero-order chi connectivity index (χ0) is 67.7. The van der Waals surface area contributed by atoms with Crippen LogP contribution in [0, 0.1) is 0 Å². The van der Waals surface area contributed by atoms with Gasteiger partial charge in [-0.3, -0.25) is 4.57 Å². The van der Waals surface area contributed by atoms with E-state index in [1.54, 1.807) is 0 Å². The van der Waals surface area contributed by atoms with Gasteiger partial charge in [0.25, 0.3) is 0 Å². The summed E-state index contributed by atoms with van der Waals surface area (Å²) in [4.78, 5) is 20.5. The Morgan fingerprint density at radius 1 is 0.206 bits per heavy atom. The Hall–Kier alpha value is -13.8. The number of aromatic nitrogens is 4. The molecule has 0 radical (unpaired) electrons. The van der Waals surface area contributed by atoms with E-state index in [0.29, 0.717) is 0 Å². The van der Waals surface area contributed by atoms with E-state index in [2.05, 4.69) is 423 Å². The third-order valence-corrected chi connectivity index (χ3v) is 19.2. The molecule has 18 rings (SSSR count). The first-order valence-electron chi connectivity index (χ1n) is 34.5. The number of anilines is 12. The summed E-state index contributed by atoms with van der Waals surface area (Å²) in [6, 6.07) is 141. The number of para-hydroxylation sites is 8. The van der Waals surface area contributed by atoms with Crippen LogP contribution in [-0.4, -0.2) is 19.1 Å². The van der Waals surface area contributed by atoms with Gasteiger partial charge in [-0.2, -0.15) is 0 Å². The fraction of sp³-hybridized carbons (Fsp3) is 0. The summed E-state index contributed by atoms with van der Waals surface area (Å²) in [5, 5.41) is 4.33. The normalized spacial score (nSPS) is 11.3. The lowest BCUT2D eigenvalue weighted by atomic mass is 10.00. The molecule has 14 aromatic carbocycles. The molecule has 0 unspecified atom stereocenters. The molecule has 102 heavy (non-hydrogen) atoms. The van der Waals surface area contributed by atoms with Gasteiger partial charge in [-0.05, 0) is 200 Å². The summed E-state index contributed by atoms with van der Waals surface area (Å²) in [7, 11) is 0. The molecule has 8 nitrogen and oxygen atoms in total. The molecule has 0 saturated carbocycles. The van der Waals surface area contributed by atoms with Gasteiger partial charge < -0.3 is 24.2 Å². The molecule has 0 aliphatic rings. The maximum atomic E-state index is 5.75. The number of fused-ring (bicyclic) bond motifs is 6. The number of benzene rings is 14. The molecular formula is C94H66N8. The fourth-order valence-electron chi connectivity index (χ4n) is 14.6. The van der Waals surface area contributed by atoms with Gasteiger partial charge in [0.15, 0.2) is 0 Å². The van der Waals surface area contributed by atoms with Crippen LogP contribution in [0.25, 0.3) is 88.8 Å². The van der Waals surface area contributed by atoms with E-state index in [1.807, 2.05) is 6.07 Å². The van der Waals surface area contributed by atoms with Crippen molar-refractivity contribution in [1.29, 1.82) is 0 Å². The van der Waals surface area contributed by atoms with Gasteiger partial charge in [0.2, 0.25) is 0 Å². The van der Waals surface area contributed by atoms with E-state index in [0.717, 1.165) is 157 Å². The molecule has 0 spiro atoms. The second kappa shape index (κ2) is 26.5. The van der Waals surface area contributed by atoms with E-state index >= 15 is 0 Å². The molecule has 0 bridgehead atoms. The van der Waals surface area contributed by atoms with Gasteiger partial charge in [0, 0.05) is 106 Å². The molecule has 0 aliphatic heterocycles. The predicted octanol–water partition coefficient (Wildman–Crippen LogP) is 25.6. The Balaban J connectivity index is 0.899.